The van der Waals surface area contributed by atoms with Crippen LogP contribution in [0.4, 0.5) is 5.82 Å². The quantitative estimate of drug-likeness (QED) is 0.750. The van der Waals surface area contributed by atoms with Gasteiger partial charge in [0.1, 0.15) is 0 Å². The van der Waals surface area contributed by atoms with Crippen LogP contribution in [0.3, 0.4) is 0 Å². The topological polar surface area (TPSA) is 49.2 Å². The van der Waals surface area contributed by atoms with Crippen molar-refractivity contribution in [2.45, 2.75) is 32.3 Å². The van der Waals surface area contributed by atoms with E-state index in [0.717, 1.165) is 30.9 Å². The maximum atomic E-state index is 9.97. The number of piperidine rings is 1. The Balaban J connectivity index is 2.13. The van der Waals surface area contributed by atoms with Gasteiger partial charge in [-0.05, 0) is 38.8 Å². The lowest BCUT2D eigenvalue weighted by molar-refractivity contribution is 0.0446. The van der Waals surface area contributed by atoms with Crippen LogP contribution in [0.5, 0.6) is 0 Å². The number of β-amino-alcohol motifs (C(OH)–C–C–N with tert-alkyl or cyclic N) is 1. The number of rotatable bonds is 1. The molecule has 1 aromatic rings. The third kappa shape index (κ3) is 2.45. The van der Waals surface area contributed by atoms with Crippen LogP contribution in [0.2, 0.25) is 0 Å². The van der Waals surface area contributed by atoms with Gasteiger partial charge >= 0.3 is 0 Å². The molecule has 1 aliphatic rings. The van der Waals surface area contributed by atoms with Gasteiger partial charge in [0.15, 0.2) is 5.82 Å². The number of nitrogens with zero attached hydrogens (tertiary/aromatic N) is 3. The number of hydrogen-bond acceptors (Lipinski definition) is 4. The van der Waals surface area contributed by atoms with Gasteiger partial charge < -0.3 is 10.0 Å². The van der Waals surface area contributed by atoms with Crippen molar-refractivity contribution in [1.29, 1.82) is 0 Å². The van der Waals surface area contributed by atoms with Gasteiger partial charge in [-0.15, -0.1) is 5.10 Å². The largest absolute Gasteiger partial charge is 0.388 e. The van der Waals surface area contributed by atoms with Crippen LogP contribution in [-0.4, -0.2) is 34.0 Å². The second kappa shape index (κ2) is 3.77. The summed E-state index contributed by atoms with van der Waals surface area (Å²) in [5.41, 5.74) is 0.327. The molecule has 2 rings (SSSR count). The van der Waals surface area contributed by atoms with Crippen molar-refractivity contribution in [3.8, 4) is 0 Å². The lowest BCUT2D eigenvalue weighted by atomic mass is 9.95. The molecule has 0 spiro atoms. The highest BCUT2D eigenvalue weighted by atomic mass is 16.3. The van der Waals surface area contributed by atoms with Gasteiger partial charge in [0, 0.05) is 13.1 Å². The van der Waals surface area contributed by atoms with Crippen molar-refractivity contribution in [3.05, 3.63) is 17.8 Å². The van der Waals surface area contributed by atoms with Gasteiger partial charge in [-0.1, -0.05) is 0 Å². The van der Waals surface area contributed by atoms with Crippen LogP contribution < -0.4 is 4.90 Å². The highest BCUT2D eigenvalue weighted by molar-refractivity contribution is 5.38. The second-order valence-corrected chi connectivity index (χ2v) is 4.55. The van der Waals surface area contributed by atoms with Crippen molar-refractivity contribution >= 4 is 5.82 Å². The number of aromatic nitrogens is 2. The standard InChI is InChI=1S/C11H17N3O/c1-9-4-5-10(13-12-9)14-7-3-6-11(2,15)8-14/h4-5,15H,3,6-8H2,1-2H3. The molecule has 15 heavy (non-hydrogen) atoms. The molecule has 1 atom stereocenters. The molecular formula is C11H17N3O. The maximum Gasteiger partial charge on any atom is 0.151 e. The van der Waals surface area contributed by atoms with E-state index in [-0.39, 0.29) is 0 Å². The Bertz CT molecular complexity index is 334. The van der Waals surface area contributed by atoms with Crippen LogP contribution in [0.25, 0.3) is 0 Å². The molecule has 0 radical (unpaired) electrons. The first kappa shape index (κ1) is 10.4. The zero-order valence-electron chi connectivity index (χ0n) is 9.27. The molecule has 4 heteroatoms. The fourth-order valence-electron chi connectivity index (χ4n) is 1.98. The maximum absolute atomic E-state index is 9.97. The lowest BCUT2D eigenvalue weighted by Crippen LogP contribution is -2.46. The number of aliphatic hydroxyl groups is 1. The van der Waals surface area contributed by atoms with E-state index in [1.165, 1.54) is 0 Å². The Hall–Kier alpha value is -1.16. The minimum absolute atomic E-state index is 0.592. The van der Waals surface area contributed by atoms with E-state index in [9.17, 15) is 5.11 Å². The Morgan fingerprint density at radius 1 is 1.40 bits per heavy atom. The molecule has 0 saturated carbocycles. The molecule has 1 saturated heterocycles. The summed E-state index contributed by atoms with van der Waals surface area (Å²) in [5, 5.41) is 18.1. The summed E-state index contributed by atoms with van der Waals surface area (Å²) in [6.45, 7) is 5.39. The van der Waals surface area contributed by atoms with Crippen LogP contribution in [-0.2, 0) is 0 Å². The van der Waals surface area contributed by atoms with E-state index in [1.54, 1.807) is 0 Å². The molecule has 1 aliphatic heterocycles. The zero-order valence-corrected chi connectivity index (χ0v) is 9.27. The average Bonchev–Trinajstić information content (AvgIpc) is 2.17. The van der Waals surface area contributed by atoms with E-state index in [0.29, 0.717) is 6.54 Å². The third-order valence-electron chi connectivity index (χ3n) is 2.78. The van der Waals surface area contributed by atoms with Crippen LogP contribution >= 0.6 is 0 Å². The van der Waals surface area contributed by atoms with Crippen LogP contribution in [0, 0.1) is 6.92 Å². The van der Waals surface area contributed by atoms with E-state index in [1.807, 2.05) is 26.0 Å². The highest BCUT2D eigenvalue weighted by Gasteiger charge is 2.28. The van der Waals surface area contributed by atoms with Gasteiger partial charge in [0.25, 0.3) is 0 Å². The van der Waals surface area contributed by atoms with Crippen molar-refractivity contribution < 1.29 is 5.11 Å². The molecule has 0 bridgehead atoms. The van der Waals surface area contributed by atoms with Crippen LogP contribution in [0.1, 0.15) is 25.5 Å². The summed E-state index contributed by atoms with van der Waals surface area (Å²) >= 11 is 0. The van der Waals surface area contributed by atoms with Gasteiger partial charge in [-0.3, -0.25) is 0 Å². The van der Waals surface area contributed by atoms with E-state index in [4.69, 9.17) is 0 Å². The minimum atomic E-state index is -0.592. The van der Waals surface area contributed by atoms with Gasteiger partial charge in [-0.25, -0.2) is 0 Å². The van der Waals surface area contributed by atoms with E-state index < -0.39 is 5.60 Å². The molecule has 0 aromatic carbocycles. The molecule has 1 unspecified atom stereocenters. The molecule has 0 amide bonds. The summed E-state index contributed by atoms with van der Waals surface area (Å²) in [4.78, 5) is 2.09. The Morgan fingerprint density at radius 3 is 2.80 bits per heavy atom. The van der Waals surface area contributed by atoms with Gasteiger partial charge in [-0.2, -0.15) is 5.10 Å². The predicted octanol–water partition coefficient (Wildman–Crippen LogP) is 1.14. The summed E-state index contributed by atoms with van der Waals surface area (Å²) in [7, 11) is 0. The lowest BCUT2D eigenvalue weighted by Gasteiger charge is -2.37. The Kier molecular flexibility index (Phi) is 2.61. The molecule has 1 fully saturated rings. The fourth-order valence-corrected chi connectivity index (χ4v) is 1.98. The van der Waals surface area contributed by atoms with Gasteiger partial charge in [0.2, 0.25) is 0 Å². The highest BCUT2D eigenvalue weighted by Crippen LogP contribution is 2.23. The zero-order chi connectivity index (χ0) is 10.9. The number of aryl methyl sites for hydroxylation is 1. The van der Waals surface area contributed by atoms with Crippen molar-refractivity contribution in [1.82, 2.24) is 10.2 Å². The Morgan fingerprint density at radius 2 is 2.20 bits per heavy atom. The summed E-state index contributed by atoms with van der Waals surface area (Å²) in [5.74, 6) is 0.862. The first-order valence-electron chi connectivity index (χ1n) is 5.34. The fraction of sp³-hybridized carbons (Fsp3) is 0.636. The molecule has 0 aliphatic carbocycles. The normalized spacial score (nSPS) is 26.7. The smallest absolute Gasteiger partial charge is 0.151 e. The molecule has 2 heterocycles. The van der Waals surface area contributed by atoms with Gasteiger partial charge in [0.05, 0.1) is 11.3 Å². The summed E-state index contributed by atoms with van der Waals surface area (Å²) < 4.78 is 0. The summed E-state index contributed by atoms with van der Waals surface area (Å²) in [6.07, 6.45) is 1.87. The third-order valence-corrected chi connectivity index (χ3v) is 2.78. The van der Waals surface area contributed by atoms with E-state index >= 15 is 0 Å². The first-order chi connectivity index (χ1) is 7.07. The monoisotopic (exact) mass is 207 g/mol. The first-order valence-corrected chi connectivity index (χ1v) is 5.34. The molecular weight excluding hydrogens is 190 g/mol. The minimum Gasteiger partial charge on any atom is -0.388 e. The Labute approximate surface area is 89.9 Å². The predicted molar refractivity (Wildman–Crippen MR) is 58.8 cm³/mol. The van der Waals surface area contributed by atoms with Crippen molar-refractivity contribution in [3.63, 3.8) is 0 Å². The molecule has 1 N–H and O–H groups in total. The number of anilines is 1. The SMILES string of the molecule is Cc1ccc(N2CCCC(C)(O)C2)nn1. The van der Waals surface area contributed by atoms with Crippen molar-refractivity contribution in [2.75, 3.05) is 18.0 Å². The molecule has 82 valence electrons. The second-order valence-electron chi connectivity index (χ2n) is 4.55. The average molecular weight is 207 g/mol. The number of hydrogen-bond donors (Lipinski definition) is 1. The van der Waals surface area contributed by atoms with Crippen LogP contribution in [0.15, 0.2) is 12.1 Å². The molecule has 4 nitrogen and oxygen atoms in total. The molecule has 1 aromatic heterocycles. The van der Waals surface area contributed by atoms with Crippen molar-refractivity contribution in [2.24, 2.45) is 0 Å². The van der Waals surface area contributed by atoms with E-state index in [2.05, 4.69) is 15.1 Å². The summed E-state index contributed by atoms with van der Waals surface area (Å²) in [6, 6.07) is 3.91.